The molecule has 1 aliphatic heterocycles. The van der Waals surface area contributed by atoms with E-state index in [-0.39, 0.29) is 0 Å². The van der Waals surface area contributed by atoms with Gasteiger partial charge in [0.05, 0.1) is 4.90 Å². The molecule has 2 aromatic carbocycles. The number of nitrogens with zero attached hydrogens (tertiary/aromatic N) is 2. The van der Waals surface area contributed by atoms with Crippen LogP contribution >= 0.6 is 0 Å². The highest BCUT2D eigenvalue weighted by atomic mass is 32.2. The molecular weight excluding hydrogens is 424 g/mol. The average molecular weight is 459 g/mol. The lowest BCUT2D eigenvalue weighted by Gasteiger charge is -2.38. The Morgan fingerprint density at radius 2 is 1.88 bits per heavy atom. The molecule has 3 N–H and O–H groups in total. The number of hydrogen-bond acceptors (Lipinski definition) is 5. The van der Waals surface area contributed by atoms with Crippen molar-refractivity contribution >= 4 is 21.5 Å². The zero-order valence-corrected chi connectivity index (χ0v) is 19.8. The number of sulfone groups is 1. The van der Waals surface area contributed by atoms with Gasteiger partial charge in [-0.3, -0.25) is 5.41 Å². The van der Waals surface area contributed by atoms with Crippen LogP contribution in [0.2, 0.25) is 0 Å². The van der Waals surface area contributed by atoms with Gasteiger partial charge in [-0.2, -0.15) is 0 Å². The minimum absolute atomic E-state index is 0.300. The molecule has 174 valence electrons. The summed E-state index contributed by atoms with van der Waals surface area (Å²) in [5, 5.41) is 8.79. The SMILES string of the molecule is CC1CCCN(C(=N)N(CCCN)c2ccc(OCc3ccc(S(C)(=O)=O)cc3)cc2)C1. The predicted molar refractivity (Wildman–Crippen MR) is 129 cm³/mol. The number of hydrogen-bond donors (Lipinski definition) is 2. The Balaban J connectivity index is 1.65. The van der Waals surface area contributed by atoms with Crippen molar-refractivity contribution in [1.82, 2.24) is 4.90 Å². The number of nitrogens with one attached hydrogen (secondary N) is 1. The van der Waals surface area contributed by atoms with Crippen molar-refractivity contribution in [1.29, 1.82) is 5.41 Å². The van der Waals surface area contributed by atoms with Crippen molar-refractivity contribution in [3.05, 3.63) is 54.1 Å². The van der Waals surface area contributed by atoms with Gasteiger partial charge in [-0.15, -0.1) is 0 Å². The van der Waals surface area contributed by atoms with Crippen molar-refractivity contribution in [3.63, 3.8) is 0 Å². The summed E-state index contributed by atoms with van der Waals surface area (Å²) in [6.07, 6.45) is 4.35. The number of piperidine rings is 1. The fourth-order valence-corrected chi connectivity index (χ4v) is 4.51. The van der Waals surface area contributed by atoms with E-state index in [0.717, 1.165) is 42.9 Å². The molecule has 1 heterocycles. The van der Waals surface area contributed by atoms with Gasteiger partial charge in [0.2, 0.25) is 0 Å². The smallest absolute Gasteiger partial charge is 0.198 e. The standard InChI is InChI=1S/C24H34N4O3S/c1-19-5-3-15-27(17-19)24(26)28(16-4-14-25)21-8-10-22(11-9-21)31-18-20-6-12-23(13-7-20)32(2,29)30/h6-13,19,26H,3-5,14-18,25H2,1-2H3. The maximum atomic E-state index is 11.6. The van der Waals surface area contributed by atoms with E-state index >= 15 is 0 Å². The lowest BCUT2D eigenvalue weighted by molar-refractivity contribution is 0.268. The maximum absolute atomic E-state index is 11.6. The van der Waals surface area contributed by atoms with Gasteiger partial charge < -0.3 is 20.3 Å². The third-order valence-electron chi connectivity index (χ3n) is 5.70. The molecule has 32 heavy (non-hydrogen) atoms. The second-order valence-electron chi connectivity index (χ2n) is 8.51. The van der Waals surface area contributed by atoms with Crippen molar-refractivity contribution in [2.45, 2.75) is 37.7 Å². The van der Waals surface area contributed by atoms with E-state index < -0.39 is 9.84 Å². The number of benzene rings is 2. The van der Waals surface area contributed by atoms with E-state index in [1.807, 2.05) is 29.2 Å². The predicted octanol–water partition coefficient (Wildman–Crippen LogP) is 3.49. The van der Waals surface area contributed by atoms with Gasteiger partial charge in [-0.1, -0.05) is 19.1 Å². The second-order valence-corrected chi connectivity index (χ2v) is 10.5. The van der Waals surface area contributed by atoms with Gasteiger partial charge in [-0.05, 0) is 73.7 Å². The Hall–Kier alpha value is -2.58. The third kappa shape index (κ3) is 6.46. The molecule has 1 fully saturated rings. The number of anilines is 1. The van der Waals surface area contributed by atoms with E-state index in [4.69, 9.17) is 15.9 Å². The lowest BCUT2D eigenvalue weighted by Crippen LogP contribution is -2.48. The van der Waals surface area contributed by atoms with E-state index in [2.05, 4.69) is 11.8 Å². The van der Waals surface area contributed by atoms with Crippen molar-refractivity contribution in [3.8, 4) is 5.75 Å². The summed E-state index contributed by atoms with van der Waals surface area (Å²) in [7, 11) is -3.20. The van der Waals surface area contributed by atoms with Gasteiger partial charge >= 0.3 is 0 Å². The Bertz CT molecular complexity index is 991. The first-order valence-electron chi connectivity index (χ1n) is 11.1. The van der Waals surface area contributed by atoms with Crippen LogP contribution in [0.3, 0.4) is 0 Å². The van der Waals surface area contributed by atoms with Crippen LogP contribution in [0.25, 0.3) is 0 Å². The average Bonchev–Trinajstić information content (AvgIpc) is 2.78. The molecule has 0 spiro atoms. The summed E-state index contributed by atoms with van der Waals surface area (Å²) >= 11 is 0. The Morgan fingerprint density at radius 3 is 2.47 bits per heavy atom. The van der Waals surface area contributed by atoms with E-state index in [1.165, 1.54) is 12.7 Å². The number of guanidine groups is 1. The highest BCUT2D eigenvalue weighted by Crippen LogP contribution is 2.24. The summed E-state index contributed by atoms with van der Waals surface area (Å²) in [6.45, 7) is 5.71. The number of ether oxygens (including phenoxy) is 1. The molecule has 1 aliphatic rings. The molecule has 0 aromatic heterocycles. The van der Waals surface area contributed by atoms with Crippen LogP contribution in [-0.2, 0) is 16.4 Å². The molecule has 3 rings (SSSR count). The number of rotatable bonds is 8. The number of nitrogens with two attached hydrogens (primary N) is 1. The van der Waals surface area contributed by atoms with Gasteiger partial charge in [0.15, 0.2) is 15.8 Å². The van der Waals surface area contributed by atoms with Gasteiger partial charge in [0.1, 0.15) is 12.4 Å². The first-order chi connectivity index (χ1) is 15.3. The largest absolute Gasteiger partial charge is 0.489 e. The molecule has 0 aliphatic carbocycles. The van der Waals surface area contributed by atoms with E-state index in [0.29, 0.717) is 36.5 Å². The van der Waals surface area contributed by atoms with Crippen molar-refractivity contribution < 1.29 is 13.2 Å². The van der Waals surface area contributed by atoms with Crippen LogP contribution in [0.5, 0.6) is 5.75 Å². The minimum atomic E-state index is -3.20. The Labute approximate surface area is 191 Å². The zero-order chi connectivity index (χ0) is 23.1. The molecule has 0 radical (unpaired) electrons. The first-order valence-corrected chi connectivity index (χ1v) is 13.0. The first kappa shape index (κ1) is 24.1. The van der Waals surface area contributed by atoms with Crippen molar-refractivity contribution in [2.24, 2.45) is 11.7 Å². The minimum Gasteiger partial charge on any atom is -0.489 e. The monoisotopic (exact) mass is 458 g/mol. The summed E-state index contributed by atoms with van der Waals surface area (Å²) in [4.78, 5) is 4.49. The van der Waals surface area contributed by atoms with Crippen LogP contribution in [0.4, 0.5) is 5.69 Å². The summed E-state index contributed by atoms with van der Waals surface area (Å²) in [5.41, 5.74) is 7.59. The summed E-state index contributed by atoms with van der Waals surface area (Å²) < 4.78 is 29.0. The Morgan fingerprint density at radius 1 is 1.19 bits per heavy atom. The number of likely N-dealkylation sites (tertiary alicyclic amines) is 1. The summed E-state index contributed by atoms with van der Waals surface area (Å²) in [6, 6.07) is 14.5. The molecule has 0 saturated carbocycles. The fraction of sp³-hybridized carbons (Fsp3) is 0.458. The molecule has 0 bridgehead atoms. The van der Waals surface area contributed by atoms with E-state index in [9.17, 15) is 8.42 Å². The van der Waals surface area contributed by atoms with Gasteiger partial charge in [0.25, 0.3) is 0 Å². The highest BCUT2D eigenvalue weighted by Gasteiger charge is 2.23. The van der Waals surface area contributed by atoms with Crippen LogP contribution in [-0.4, -0.2) is 51.7 Å². The third-order valence-corrected chi connectivity index (χ3v) is 6.83. The second kappa shape index (κ2) is 10.8. The molecule has 1 atom stereocenters. The highest BCUT2D eigenvalue weighted by molar-refractivity contribution is 7.90. The normalized spacial score (nSPS) is 16.6. The topological polar surface area (TPSA) is 99.7 Å². The molecule has 1 saturated heterocycles. The molecule has 8 heteroatoms. The molecule has 7 nitrogen and oxygen atoms in total. The quantitative estimate of drug-likeness (QED) is 0.464. The van der Waals surface area contributed by atoms with Crippen LogP contribution < -0.4 is 15.4 Å². The van der Waals surface area contributed by atoms with Crippen LogP contribution in [0.1, 0.15) is 31.7 Å². The lowest BCUT2D eigenvalue weighted by atomic mass is 10.0. The van der Waals surface area contributed by atoms with Gasteiger partial charge in [-0.25, -0.2) is 8.42 Å². The summed E-state index contributed by atoms with van der Waals surface area (Å²) in [5.74, 6) is 1.85. The Kier molecular flexibility index (Phi) is 8.15. The van der Waals surface area contributed by atoms with Crippen molar-refractivity contribution in [2.75, 3.05) is 37.3 Å². The van der Waals surface area contributed by atoms with Gasteiger partial charge in [0, 0.05) is 31.6 Å². The molecular formula is C24H34N4O3S. The molecule has 2 aromatic rings. The maximum Gasteiger partial charge on any atom is 0.198 e. The van der Waals surface area contributed by atoms with Crippen LogP contribution in [0, 0.1) is 11.3 Å². The molecule has 1 unspecified atom stereocenters. The van der Waals surface area contributed by atoms with Crippen LogP contribution in [0.15, 0.2) is 53.4 Å². The van der Waals surface area contributed by atoms with E-state index in [1.54, 1.807) is 24.3 Å². The fourth-order valence-electron chi connectivity index (χ4n) is 3.88. The zero-order valence-electron chi connectivity index (χ0n) is 19.0. The molecule has 0 amide bonds.